The van der Waals surface area contributed by atoms with E-state index >= 15 is 0 Å². The van der Waals surface area contributed by atoms with Gasteiger partial charge in [-0.25, -0.2) is 10.6 Å². The second-order valence-corrected chi connectivity index (χ2v) is 14.5. The molecule has 0 heterocycles. The van der Waals surface area contributed by atoms with Crippen LogP contribution >= 0.6 is 0 Å². The predicted molar refractivity (Wildman–Crippen MR) is 191 cm³/mol. The summed E-state index contributed by atoms with van der Waals surface area (Å²) in [7, 11) is 0. The first-order valence-corrected chi connectivity index (χ1v) is 16.9. The van der Waals surface area contributed by atoms with Crippen molar-refractivity contribution in [1.29, 1.82) is 0 Å². The molecule has 0 bridgehead atoms. The van der Waals surface area contributed by atoms with Crippen molar-refractivity contribution in [3.05, 3.63) is 95.6 Å². The van der Waals surface area contributed by atoms with E-state index in [0.29, 0.717) is 0 Å². The van der Waals surface area contributed by atoms with Crippen LogP contribution in [0.5, 0.6) is 0 Å². The average Bonchev–Trinajstić information content (AvgIpc) is 3.39. The molecular weight excluding hydrogens is 636 g/mol. The first kappa shape index (κ1) is 38.2. The van der Waals surface area contributed by atoms with Crippen LogP contribution in [-0.2, 0) is 35.1 Å². The van der Waals surface area contributed by atoms with Gasteiger partial charge < -0.3 is 24.4 Å². The van der Waals surface area contributed by atoms with Crippen molar-refractivity contribution in [3.8, 4) is 11.1 Å². The second kappa shape index (κ2) is 16.9. The third-order valence-electron chi connectivity index (χ3n) is 8.24. The van der Waals surface area contributed by atoms with E-state index in [0.717, 1.165) is 27.8 Å². The van der Waals surface area contributed by atoms with Crippen LogP contribution in [0.4, 0.5) is 4.79 Å². The third kappa shape index (κ3) is 11.0. The summed E-state index contributed by atoms with van der Waals surface area (Å²) in [6.45, 7) is 10.6. The first-order chi connectivity index (χ1) is 23.6. The number of nitrogens with two attached hydrogens (primary N) is 1. The highest BCUT2D eigenvalue weighted by Crippen LogP contribution is 2.44. The Hall–Kier alpha value is -4.58. The maximum absolute atomic E-state index is 13.9. The summed E-state index contributed by atoms with van der Waals surface area (Å²) in [5.41, 5.74) is 6.07. The lowest BCUT2D eigenvalue weighted by Gasteiger charge is -2.29. The minimum atomic E-state index is -1.13. The van der Waals surface area contributed by atoms with Gasteiger partial charge >= 0.3 is 12.0 Å². The molecule has 4 N–H and O–H groups in total. The molecule has 0 aromatic heterocycles. The van der Waals surface area contributed by atoms with Crippen LogP contribution in [0.1, 0.15) is 70.6 Å². The molecular formula is C39H50N4O7. The van der Waals surface area contributed by atoms with E-state index in [1.54, 1.807) is 0 Å². The number of hydrazine groups is 1. The van der Waals surface area contributed by atoms with Crippen LogP contribution in [0.25, 0.3) is 11.1 Å². The van der Waals surface area contributed by atoms with Gasteiger partial charge in [-0.2, -0.15) is 0 Å². The van der Waals surface area contributed by atoms with Gasteiger partial charge in [0.2, 0.25) is 5.91 Å². The van der Waals surface area contributed by atoms with Gasteiger partial charge in [-0.15, -0.1) is 0 Å². The minimum absolute atomic E-state index is 0.0546. The molecule has 0 saturated heterocycles. The van der Waals surface area contributed by atoms with Crippen LogP contribution in [0.2, 0.25) is 0 Å². The zero-order valence-corrected chi connectivity index (χ0v) is 29.9. The Morgan fingerprint density at radius 1 is 0.780 bits per heavy atom. The minimum Gasteiger partial charge on any atom is -0.463 e. The molecule has 268 valence electrons. The van der Waals surface area contributed by atoms with Gasteiger partial charge in [-0.05, 0) is 69.4 Å². The zero-order chi connectivity index (χ0) is 36.5. The summed E-state index contributed by atoms with van der Waals surface area (Å²) < 4.78 is 17.5. The molecule has 2 atom stereocenters. The third-order valence-corrected chi connectivity index (χ3v) is 8.24. The van der Waals surface area contributed by atoms with E-state index in [4.69, 9.17) is 20.1 Å². The van der Waals surface area contributed by atoms with Gasteiger partial charge in [-0.1, -0.05) is 78.9 Å². The summed E-state index contributed by atoms with van der Waals surface area (Å²) in [6, 6.07) is 23.5. The maximum atomic E-state index is 13.9. The van der Waals surface area contributed by atoms with Crippen molar-refractivity contribution in [2.75, 3.05) is 26.4 Å². The highest BCUT2D eigenvalue weighted by molar-refractivity contribution is 5.93. The van der Waals surface area contributed by atoms with Gasteiger partial charge in [0.15, 0.2) is 5.78 Å². The number of carbonyl (C=O) groups is 4. The molecule has 0 radical (unpaired) electrons. The van der Waals surface area contributed by atoms with Crippen molar-refractivity contribution >= 4 is 23.7 Å². The number of Topliss-reactive ketones (excluding diaryl/α,β-unsaturated/α-hetero) is 1. The maximum Gasteiger partial charge on any atom is 0.325 e. The van der Waals surface area contributed by atoms with E-state index in [1.807, 2.05) is 108 Å². The number of fused-ring (bicyclic) bond motifs is 3. The zero-order valence-electron chi connectivity index (χ0n) is 29.9. The molecule has 50 heavy (non-hydrogen) atoms. The van der Waals surface area contributed by atoms with E-state index in [9.17, 15) is 19.2 Å². The SMILES string of the molecule is CC(C)(C)OC[C@H](CC(=O)[C@H](COC(C)(C)C)NC(=O)N(CC(=O)OCC1c2ccccc2-c2ccccc21)Cc1ccccc1)C(=O)NN. The van der Waals surface area contributed by atoms with Gasteiger partial charge in [0.25, 0.3) is 0 Å². The highest BCUT2D eigenvalue weighted by Gasteiger charge is 2.33. The van der Waals surface area contributed by atoms with Crippen molar-refractivity contribution in [3.63, 3.8) is 0 Å². The van der Waals surface area contributed by atoms with Gasteiger partial charge in [0, 0.05) is 18.9 Å². The second-order valence-electron chi connectivity index (χ2n) is 14.5. The molecule has 4 rings (SSSR count). The average molecular weight is 687 g/mol. The Kier molecular flexibility index (Phi) is 12.9. The molecule has 0 saturated carbocycles. The van der Waals surface area contributed by atoms with Crippen LogP contribution in [0, 0.1) is 5.92 Å². The number of ketones is 1. The Labute approximate surface area is 294 Å². The molecule has 3 aromatic rings. The van der Waals surface area contributed by atoms with Crippen LogP contribution in [0.3, 0.4) is 0 Å². The lowest BCUT2D eigenvalue weighted by atomic mass is 9.98. The number of hydrogen-bond donors (Lipinski definition) is 3. The fourth-order valence-corrected chi connectivity index (χ4v) is 5.69. The number of ether oxygens (including phenoxy) is 3. The number of esters is 1. The Bertz CT molecular complexity index is 1590. The van der Waals surface area contributed by atoms with E-state index in [2.05, 4.69) is 22.9 Å². The highest BCUT2D eigenvalue weighted by atomic mass is 16.5. The molecule has 0 unspecified atom stereocenters. The molecule has 0 spiro atoms. The smallest absolute Gasteiger partial charge is 0.325 e. The summed E-state index contributed by atoms with van der Waals surface area (Å²) in [6.07, 6.45) is -0.261. The molecule has 3 aromatic carbocycles. The van der Waals surface area contributed by atoms with Crippen LogP contribution in [0.15, 0.2) is 78.9 Å². The molecule has 11 heteroatoms. The van der Waals surface area contributed by atoms with E-state index in [-0.39, 0.29) is 45.2 Å². The summed E-state index contributed by atoms with van der Waals surface area (Å²) >= 11 is 0. The number of nitrogens with zero attached hydrogens (tertiary/aromatic N) is 1. The lowest BCUT2D eigenvalue weighted by molar-refractivity contribution is -0.144. The van der Waals surface area contributed by atoms with Crippen molar-refractivity contribution < 1.29 is 33.4 Å². The molecule has 0 fully saturated rings. The molecule has 1 aliphatic carbocycles. The Morgan fingerprint density at radius 3 is 1.88 bits per heavy atom. The van der Waals surface area contributed by atoms with Gasteiger partial charge in [-0.3, -0.25) is 19.8 Å². The van der Waals surface area contributed by atoms with Crippen molar-refractivity contribution in [2.45, 2.75) is 77.7 Å². The van der Waals surface area contributed by atoms with Crippen LogP contribution < -0.4 is 16.6 Å². The summed E-state index contributed by atoms with van der Waals surface area (Å²) in [4.78, 5) is 55.0. The topological polar surface area (TPSA) is 149 Å². The fraction of sp³-hybridized carbons (Fsp3) is 0.436. The predicted octanol–water partition coefficient (Wildman–Crippen LogP) is 5.12. The van der Waals surface area contributed by atoms with Crippen molar-refractivity contribution in [2.24, 2.45) is 11.8 Å². The Balaban J connectivity index is 1.50. The number of urea groups is 1. The summed E-state index contributed by atoms with van der Waals surface area (Å²) in [5, 5.41) is 2.77. The van der Waals surface area contributed by atoms with E-state index in [1.165, 1.54) is 4.90 Å². The molecule has 1 aliphatic rings. The normalized spacial score (nSPS) is 13.8. The van der Waals surface area contributed by atoms with Crippen LogP contribution in [-0.4, -0.2) is 72.2 Å². The number of benzene rings is 3. The number of rotatable bonds is 15. The number of hydrogen-bond acceptors (Lipinski definition) is 8. The lowest BCUT2D eigenvalue weighted by Crippen LogP contribution is -2.52. The molecule has 0 aliphatic heterocycles. The summed E-state index contributed by atoms with van der Waals surface area (Å²) in [5.74, 6) is 2.77. The fourth-order valence-electron chi connectivity index (χ4n) is 5.69. The monoisotopic (exact) mass is 686 g/mol. The number of nitrogens with one attached hydrogen (secondary N) is 2. The first-order valence-electron chi connectivity index (χ1n) is 16.9. The largest absolute Gasteiger partial charge is 0.463 e. The van der Waals surface area contributed by atoms with Gasteiger partial charge in [0.1, 0.15) is 19.2 Å². The van der Waals surface area contributed by atoms with Gasteiger partial charge in [0.05, 0.1) is 30.3 Å². The molecule has 3 amide bonds. The number of carbonyl (C=O) groups excluding carboxylic acids is 4. The Morgan fingerprint density at radius 2 is 1.32 bits per heavy atom. The number of amides is 3. The molecule has 11 nitrogen and oxygen atoms in total. The van der Waals surface area contributed by atoms with Crippen molar-refractivity contribution in [1.82, 2.24) is 15.6 Å². The standard InChI is InChI=1S/C39H50N4O7/c1-38(2,3)49-23-27(36(46)42-40)20-34(44)33(25-50-39(4,5)6)41-37(47)43(21-26-14-8-7-9-15-26)22-35(45)48-24-32-30-18-12-10-16-28(30)29-17-11-13-19-31(29)32/h7-19,27,32-33H,20-25,40H2,1-6H3,(H,41,47)(H,42,46)/t27-,33-/m0/s1. The quantitative estimate of drug-likeness (QED) is 0.0864. The van der Waals surface area contributed by atoms with E-state index < -0.39 is 46.9 Å².